The normalized spacial score (nSPS) is 11.0. The fourth-order valence-electron chi connectivity index (χ4n) is 2.44. The van der Waals surface area contributed by atoms with E-state index in [4.69, 9.17) is 4.74 Å². The summed E-state index contributed by atoms with van der Waals surface area (Å²) < 4.78 is 5.46. The van der Waals surface area contributed by atoms with Crippen molar-refractivity contribution in [3.8, 4) is 17.2 Å². The number of aromatic amines is 1. The van der Waals surface area contributed by atoms with Crippen LogP contribution in [0.4, 0.5) is 0 Å². The monoisotopic (exact) mass is 305 g/mol. The van der Waals surface area contributed by atoms with Crippen LogP contribution in [0.2, 0.25) is 0 Å². The number of hydrogen-bond donors (Lipinski definition) is 3. The van der Waals surface area contributed by atoms with Gasteiger partial charge in [0.25, 0.3) is 5.56 Å². The number of ether oxygens (including phenoxy) is 1. The fraction of sp³-hybridized carbons (Fsp3) is 0.471. The predicted molar refractivity (Wildman–Crippen MR) is 86.8 cm³/mol. The molecular formula is C17H23NO4. The maximum atomic E-state index is 11.9. The molecule has 0 radical (unpaired) electrons. The summed E-state index contributed by atoms with van der Waals surface area (Å²) in [5, 5.41) is 20.0. The summed E-state index contributed by atoms with van der Waals surface area (Å²) in [4.78, 5) is 14.6. The molecule has 0 bridgehead atoms. The maximum Gasteiger partial charge on any atom is 0.294 e. The third-order valence-corrected chi connectivity index (χ3v) is 3.67. The van der Waals surface area contributed by atoms with Crippen LogP contribution in [-0.4, -0.2) is 21.8 Å². The standard InChI is InChI=1S/C17H23NO4/c1-2-3-4-5-6-7-10-22-16-15(20)13-9-8-12(19)11-14(13)18-17(16)21/h8-9,11,19H,2-7,10H2,1H3,(H2,18,20,21). The third-order valence-electron chi connectivity index (χ3n) is 3.67. The molecule has 2 aromatic rings. The molecule has 1 heterocycles. The van der Waals surface area contributed by atoms with Gasteiger partial charge < -0.3 is 19.9 Å². The highest BCUT2D eigenvalue weighted by molar-refractivity contribution is 5.87. The van der Waals surface area contributed by atoms with Gasteiger partial charge in [0.05, 0.1) is 12.1 Å². The smallest absolute Gasteiger partial charge is 0.294 e. The van der Waals surface area contributed by atoms with Crippen LogP contribution in [0.25, 0.3) is 10.9 Å². The van der Waals surface area contributed by atoms with Gasteiger partial charge in [0, 0.05) is 11.5 Å². The number of aromatic hydroxyl groups is 2. The van der Waals surface area contributed by atoms with E-state index in [1.165, 1.54) is 31.4 Å². The second-order valence-electron chi connectivity index (χ2n) is 5.48. The van der Waals surface area contributed by atoms with Crippen molar-refractivity contribution >= 4 is 10.9 Å². The number of pyridine rings is 1. The molecule has 0 fully saturated rings. The molecule has 0 saturated heterocycles. The molecule has 0 saturated carbocycles. The first kappa shape index (κ1) is 16.2. The zero-order valence-corrected chi connectivity index (χ0v) is 12.9. The second-order valence-corrected chi connectivity index (χ2v) is 5.48. The molecule has 1 aromatic carbocycles. The summed E-state index contributed by atoms with van der Waals surface area (Å²) in [5.74, 6) is -0.195. The Morgan fingerprint density at radius 2 is 1.82 bits per heavy atom. The molecule has 120 valence electrons. The summed E-state index contributed by atoms with van der Waals surface area (Å²) in [6.07, 6.45) is 6.76. The number of H-pyrrole nitrogens is 1. The zero-order chi connectivity index (χ0) is 15.9. The molecule has 0 unspecified atom stereocenters. The lowest BCUT2D eigenvalue weighted by Crippen LogP contribution is -2.12. The fourth-order valence-corrected chi connectivity index (χ4v) is 2.44. The van der Waals surface area contributed by atoms with E-state index in [0.29, 0.717) is 17.5 Å². The molecule has 0 amide bonds. The molecular weight excluding hydrogens is 282 g/mol. The third kappa shape index (κ3) is 3.93. The van der Waals surface area contributed by atoms with Gasteiger partial charge in [-0.2, -0.15) is 0 Å². The van der Waals surface area contributed by atoms with Crippen molar-refractivity contribution in [2.24, 2.45) is 0 Å². The summed E-state index contributed by atoms with van der Waals surface area (Å²) in [5.41, 5.74) is -0.101. The Morgan fingerprint density at radius 3 is 2.59 bits per heavy atom. The van der Waals surface area contributed by atoms with Crippen LogP contribution in [0, 0.1) is 0 Å². The maximum absolute atomic E-state index is 11.9. The van der Waals surface area contributed by atoms with E-state index in [1.807, 2.05) is 0 Å². The number of phenols is 1. The van der Waals surface area contributed by atoms with E-state index < -0.39 is 5.56 Å². The molecule has 5 nitrogen and oxygen atoms in total. The van der Waals surface area contributed by atoms with Crippen LogP contribution >= 0.6 is 0 Å². The van der Waals surface area contributed by atoms with Crippen molar-refractivity contribution < 1.29 is 14.9 Å². The number of aromatic nitrogens is 1. The van der Waals surface area contributed by atoms with Crippen molar-refractivity contribution in [3.05, 3.63) is 28.6 Å². The van der Waals surface area contributed by atoms with E-state index in [9.17, 15) is 15.0 Å². The molecule has 1 aromatic heterocycles. The van der Waals surface area contributed by atoms with Gasteiger partial charge in [-0.3, -0.25) is 4.79 Å². The first-order chi connectivity index (χ1) is 10.6. The Hall–Kier alpha value is -2.17. The summed E-state index contributed by atoms with van der Waals surface area (Å²) in [7, 11) is 0. The molecule has 0 atom stereocenters. The highest BCUT2D eigenvalue weighted by atomic mass is 16.5. The van der Waals surface area contributed by atoms with Crippen LogP contribution in [0.5, 0.6) is 17.2 Å². The average Bonchev–Trinajstić information content (AvgIpc) is 2.48. The first-order valence-electron chi connectivity index (χ1n) is 7.84. The van der Waals surface area contributed by atoms with Crippen LogP contribution < -0.4 is 10.3 Å². The van der Waals surface area contributed by atoms with Crippen molar-refractivity contribution in [3.63, 3.8) is 0 Å². The number of fused-ring (bicyclic) bond motifs is 1. The summed E-state index contributed by atoms with van der Waals surface area (Å²) >= 11 is 0. The van der Waals surface area contributed by atoms with Crippen LogP contribution in [-0.2, 0) is 0 Å². The lowest BCUT2D eigenvalue weighted by Gasteiger charge is -2.09. The van der Waals surface area contributed by atoms with Crippen molar-refractivity contribution in [1.29, 1.82) is 0 Å². The Labute approximate surface area is 129 Å². The lowest BCUT2D eigenvalue weighted by molar-refractivity contribution is 0.286. The molecule has 0 aliphatic rings. The van der Waals surface area contributed by atoms with Gasteiger partial charge in [-0.15, -0.1) is 0 Å². The summed E-state index contributed by atoms with van der Waals surface area (Å²) in [6, 6.07) is 4.40. The average molecular weight is 305 g/mol. The van der Waals surface area contributed by atoms with E-state index >= 15 is 0 Å². The number of nitrogens with one attached hydrogen (secondary N) is 1. The number of unbranched alkanes of at least 4 members (excludes halogenated alkanes) is 5. The minimum absolute atomic E-state index is 0.0308. The summed E-state index contributed by atoms with van der Waals surface area (Å²) in [6.45, 7) is 2.59. The van der Waals surface area contributed by atoms with Crippen molar-refractivity contribution in [2.45, 2.75) is 45.4 Å². The van der Waals surface area contributed by atoms with E-state index in [1.54, 1.807) is 6.07 Å². The first-order valence-corrected chi connectivity index (χ1v) is 7.84. The van der Waals surface area contributed by atoms with Gasteiger partial charge in [0.2, 0.25) is 5.75 Å². The molecule has 5 heteroatoms. The van der Waals surface area contributed by atoms with Gasteiger partial charge in [0.15, 0.2) is 5.75 Å². The van der Waals surface area contributed by atoms with Crippen LogP contribution in [0.1, 0.15) is 45.4 Å². The predicted octanol–water partition coefficient (Wildman–Crippen LogP) is 3.68. The van der Waals surface area contributed by atoms with E-state index in [0.717, 1.165) is 19.3 Å². The van der Waals surface area contributed by atoms with Gasteiger partial charge in [-0.1, -0.05) is 39.0 Å². The minimum Gasteiger partial charge on any atom is -0.508 e. The van der Waals surface area contributed by atoms with Crippen molar-refractivity contribution in [1.82, 2.24) is 4.98 Å². The van der Waals surface area contributed by atoms with Gasteiger partial charge in [0.1, 0.15) is 5.75 Å². The molecule has 0 spiro atoms. The topological polar surface area (TPSA) is 82.5 Å². The highest BCUT2D eigenvalue weighted by Gasteiger charge is 2.13. The van der Waals surface area contributed by atoms with Gasteiger partial charge in [-0.05, 0) is 18.6 Å². The molecule has 3 N–H and O–H groups in total. The van der Waals surface area contributed by atoms with Crippen LogP contribution in [0.3, 0.4) is 0 Å². The van der Waals surface area contributed by atoms with Gasteiger partial charge >= 0.3 is 0 Å². The number of hydrogen-bond acceptors (Lipinski definition) is 4. The van der Waals surface area contributed by atoms with Crippen molar-refractivity contribution in [2.75, 3.05) is 6.61 Å². The lowest BCUT2D eigenvalue weighted by atomic mass is 10.1. The number of benzene rings is 1. The quantitative estimate of drug-likeness (QED) is 0.650. The largest absolute Gasteiger partial charge is 0.508 e. The number of phenolic OH excluding ortho intramolecular Hbond substituents is 1. The molecule has 0 aliphatic heterocycles. The highest BCUT2D eigenvalue weighted by Crippen LogP contribution is 2.31. The second kappa shape index (κ2) is 7.73. The minimum atomic E-state index is -0.485. The zero-order valence-electron chi connectivity index (χ0n) is 12.9. The Kier molecular flexibility index (Phi) is 5.69. The SMILES string of the molecule is CCCCCCCCOc1c(O)c2ccc(O)cc2[nH]c1=O. The molecule has 2 rings (SSSR count). The van der Waals surface area contributed by atoms with E-state index in [2.05, 4.69) is 11.9 Å². The number of rotatable bonds is 8. The Morgan fingerprint density at radius 1 is 1.09 bits per heavy atom. The Bertz CT molecular complexity index is 678. The van der Waals surface area contributed by atoms with E-state index in [-0.39, 0.29) is 17.2 Å². The van der Waals surface area contributed by atoms with Gasteiger partial charge in [-0.25, -0.2) is 0 Å². The Balaban J connectivity index is 1.99. The molecule has 22 heavy (non-hydrogen) atoms. The molecule has 0 aliphatic carbocycles. The van der Waals surface area contributed by atoms with Crippen LogP contribution in [0.15, 0.2) is 23.0 Å².